The van der Waals surface area contributed by atoms with Crippen LogP contribution < -0.4 is 10.6 Å². The van der Waals surface area contributed by atoms with Crippen molar-refractivity contribution in [3.05, 3.63) is 63.6 Å². The Bertz CT molecular complexity index is 1350. The van der Waals surface area contributed by atoms with E-state index in [0.29, 0.717) is 21.3 Å². The third kappa shape index (κ3) is 2.98. The van der Waals surface area contributed by atoms with Gasteiger partial charge in [-0.2, -0.15) is 4.99 Å². The van der Waals surface area contributed by atoms with E-state index in [1.54, 1.807) is 36.4 Å². The molecule has 8 heteroatoms. The van der Waals surface area contributed by atoms with E-state index in [1.807, 2.05) is 0 Å². The van der Waals surface area contributed by atoms with Gasteiger partial charge in [-0.05, 0) is 24.3 Å². The zero-order chi connectivity index (χ0) is 19.0. The van der Waals surface area contributed by atoms with Gasteiger partial charge < -0.3 is 8.98 Å². The molecule has 134 valence electrons. The Morgan fingerprint density at radius 2 is 2.04 bits per heavy atom. The molecule has 0 N–H and O–H groups in total. The van der Waals surface area contributed by atoms with Gasteiger partial charge in [0.2, 0.25) is 0 Å². The number of benzene rings is 2. The quantitative estimate of drug-likeness (QED) is 0.512. The van der Waals surface area contributed by atoms with Crippen molar-refractivity contribution in [1.82, 2.24) is 9.13 Å². The molecule has 0 radical (unpaired) electrons. The number of fused-ring (bicyclic) bond motifs is 2. The molecule has 27 heavy (non-hydrogen) atoms. The highest BCUT2D eigenvalue weighted by Crippen LogP contribution is 2.20. The summed E-state index contributed by atoms with van der Waals surface area (Å²) in [6, 6.07) is 11.4. The summed E-state index contributed by atoms with van der Waals surface area (Å²) in [6.07, 6.45) is 5.38. The molecular weight excluding hydrogens is 369 g/mol. The van der Waals surface area contributed by atoms with E-state index in [4.69, 9.17) is 10.8 Å². The van der Waals surface area contributed by atoms with Crippen LogP contribution in [-0.2, 0) is 17.9 Å². The third-order valence-electron chi connectivity index (χ3n) is 3.99. The molecule has 0 unspecified atom stereocenters. The predicted octanol–water partition coefficient (Wildman–Crippen LogP) is 2.51. The minimum atomic E-state index is -0.640. The van der Waals surface area contributed by atoms with E-state index in [1.165, 1.54) is 15.2 Å². The van der Waals surface area contributed by atoms with Gasteiger partial charge in [0, 0.05) is 0 Å². The molecule has 2 aromatic heterocycles. The van der Waals surface area contributed by atoms with Crippen molar-refractivity contribution >= 4 is 38.6 Å². The molecule has 0 spiro atoms. The number of thiazole rings is 1. The number of carbonyl (C=O) groups excluding carboxylic acids is 1. The molecule has 4 aromatic rings. The Morgan fingerprint density at radius 3 is 2.85 bits per heavy atom. The van der Waals surface area contributed by atoms with Crippen molar-refractivity contribution < 1.29 is 13.6 Å². The van der Waals surface area contributed by atoms with Crippen molar-refractivity contribution in [3.8, 4) is 12.3 Å². The summed E-state index contributed by atoms with van der Waals surface area (Å²) in [6.45, 7) is -0.218. The van der Waals surface area contributed by atoms with Crippen molar-refractivity contribution in [1.29, 1.82) is 0 Å². The third-order valence-corrected chi connectivity index (χ3v) is 5.03. The summed E-state index contributed by atoms with van der Waals surface area (Å²) in [7, 11) is 0. The summed E-state index contributed by atoms with van der Waals surface area (Å²) in [5.41, 5.74) is 1.20. The number of rotatable bonds is 3. The standard InChI is InChI=1S/C19H12FN3O3S/c1-2-10-22-17-12(20)6-5-9-15(17)27-18(22)21-16(24)11-23-13-7-3-4-8-14(13)26-19(23)25/h1,3-9H,10-11H2. The molecule has 0 atom stereocenters. The van der Waals surface area contributed by atoms with Gasteiger partial charge in [-0.3, -0.25) is 9.36 Å². The smallest absolute Gasteiger partial charge is 0.408 e. The average Bonchev–Trinajstić information content (AvgIpc) is 3.14. The van der Waals surface area contributed by atoms with Gasteiger partial charge in [-0.1, -0.05) is 35.5 Å². The van der Waals surface area contributed by atoms with Crippen LogP contribution in [0.2, 0.25) is 0 Å². The molecule has 1 amide bonds. The van der Waals surface area contributed by atoms with Crippen molar-refractivity contribution in [2.75, 3.05) is 0 Å². The summed E-state index contributed by atoms with van der Waals surface area (Å²) in [4.78, 5) is 28.8. The van der Waals surface area contributed by atoms with Crippen LogP contribution in [0.15, 0.2) is 56.7 Å². The van der Waals surface area contributed by atoms with E-state index in [0.717, 1.165) is 11.3 Å². The lowest BCUT2D eigenvalue weighted by molar-refractivity contribution is -0.118. The highest BCUT2D eigenvalue weighted by atomic mass is 32.1. The SMILES string of the molecule is C#CCn1c(=NC(=O)Cn2c(=O)oc3ccccc32)sc2cccc(F)c21. The molecule has 4 rings (SSSR count). The number of aromatic nitrogens is 2. The summed E-state index contributed by atoms with van der Waals surface area (Å²) in [5.74, 6) is 0.795. The molecule has 0 bridgehead atoms. The molecule has 0 saturated heterocycles. The van der Waals surface area contributed by atoms with Crippen LogP contribution in [0.3, 0.4) is 0 Å². The number of hydrogen-bond acceptors (Lipinski definition) is 4. The van der Waals surface area contributed by atoms with Gasteiger partial charge in [0.1, 0.15) is 12.4 Å². The van der Waals surface area contributed by atoms with E-state index in [-0.39, 0.29) is 17.9 Å². The molecule has 0 aliphatic carbocycles. The summed E-state index contributed by atoms with van der Waals surface area (Å²) in [5, 5.41) is 0. The Balaban J connectivity index is 1.79. The first-order valence-electron chi connectivity index (χ1n) is 7.95. The maximum absolute atomic E-state index is 14.2. The number of hydrogen-bond donors (Lipinski definition) is 0. The molecule has 0 saturated carbocycles. The fourth-order valence-electron chi connectivity index (χ4n) is 2.85. The Morgan fingerprint density at radius 1 is 1.22 bits per heavy atom. The topological polar surface area (TPSA) is 69.5 Å². The van der Waals surface area contributed by atoms with Crippen LogP contribution >= 0.6 is 11.3 Å². The first-order chi connectivity index (χ1) is 13.1. The van der Waals surface area contributed by atoms with Gasteiger partial charge in [-0.15, -0.1) is 6.42 Å². The number of nitrogens with zero attached hydrogens (tertiary/aromatic N) is 3. The van der Waals surface area contributed by atoms with Crippen LogP contribution in [0.4, 0.5) is 4.39 Å². The van der Waals surface area contributed by atoms with Gasteiger partial charge in [-0.25, -0.2) is 9.18 Å². The zero-order valence-corrected chi connectivity index (χ0v) is 14.7. The Hall–Kier alpha value is -3.44. The summed E-state index contributed by atoms with van der Waals surface area (Å²) < 4.78 is 22.6. The number of carbonyl (C=O) groups is 1. The first-order valence-corrected chi connectivity index (χ1v) is 8.77. The minimum absolute atomic E-state index is 0.0711. The number of para-hydroxylation sites is 3. The predicted molar refractivity (Wildman–Crippen MR) is 99.7 cm³/mol. The van der Waals surface area contributed by atoms with Crippen LogP contribution in [0.5, 0.6) is 0 Å². The van der Waals surface area contributed by atoms with E-state index < -0.39 is 17.5 Å². The number of halogens is 1. The van der Waals surface area contributed by atoms with Gasteiger partial charge >= 0.3 is 5.76 Å². The lowest BCUT2D eigenvalue weighted by Crippen LogP contribution is -2.22. The lowest BCUT2D eigenvalue weighted by atomic mass is 10.3. The number of oxazole rings is 1. The fourth-order valence-corrected chi connectivity index (χ4v) is 3.91. The maximum Gasteiger partial charge on any atom is 0.420 e. The minimum Gasteiger partial charge on any atom is -0.408 e. The molecule has 0 fully saturated rings. The second-order valence-electron chi connectivity index (χ2n) is 5.69. The monoisotopic (exact) mass is 381 g/mol. The van der Waals surface area contributed by atoms with E-state index in [9.17, 15) is 14.0 Å². The first kappa shape index (κ1) is 17.0. The Kier molecular flexibility index (Phi) is 4.22. The highest BCUT2D eigenvalue weighted by Gasteiger charge is 2.14. The van der Waals surface area contributed by atoms with Crippen molar-refractivity contribution in [2.45, 2.75) is 13.1 Å². The van der Waals surface area contributed by atoms with Crippen molar-refractivity contribution in [2.24, 2.45) is 4.99 Å². The van der Waals surface area contributed by atoms with Crippen LogP contribution in [0.1, 0.15) is 0 Å². The molecule has 2 aromatic carbocycles. The van der Waals surface area contributed by atoms with Crippen LogP contribution in [0.25, 0.3) is 21.3 Å². The van der Waals surface area contributed by atoms with E-state index in [2.05, 4.69) is 10.9 Å². The number of terminal acetylenes is 1. The molecule has 0 aliphatic rings. The van der Waals surface area contributed by atoms with Gasteiger partial charge in [0.15, 0.2) is 10.4 Å². The molecule has 0 aliphatic heterocycles. The lowest BCUT2D eigenvalue weighted by Gasteiger charge is -2.01. The normalized spacial score (nSPS) is 11.9. The molecule has 2 heterocycles. The summed E-state index contributed by atoms with van der Waals surface area (Å²) >= 11 is 1.16. The van der Waals surface area contributed by atoms with Gasteiger partial charge in [0.25, 0.3) is 5.91 Å². The second-order valence-corrected chi connectivity index (χ2v) is 6.70. The second kappa shape index (κ2) is 6.70. The van der Waals surface area contributed by atoms with Gasteiger partial charge in [0.05, 0.1) is 22.3 Å². The van der Waals surface area contributed by atoms with Crippen LogP contribution in [0, 0.1) is 18.2 Å². The fraction of sp³-hybridized carbons (Fsp3) is 0.105. The highest BCUT2D eigenvalue weighted by molar-refractivity contribution is 7.16. The van der Waals surface area contributed by atoms with Crippen LogP contribution in [-0.4, -0.2) is 15.0 Å². The molecule has 6 nitrogen and oxygen atoms in total. The molecular formula is C19H12FN3O3S. The largest absolute Gasteiger partial charge is 0.420 e. The maximum atomic E-state index is 14.2. The number of amides is 1. The van der Waals surface area contributed by atoms with Crippen molar-refractivity contribution in [3.63, 3.8) is 0 Å². The Labute approximate surface area is 155 Å². The average molecular weight is 381 g/mol. The van der Waals surface area contributed by atoms with E-state index >= 15 is 0 Å². The zero-order valence-electron chi connectivity index (χ0n) is 13.9.